The summed E-state index contributed by atoms with van der Waals surface area (Å²) < 4.78 is 22.5. The Morgan fingerprint density at radius 2 is 1.06 bits per heavy atom. The largest absolute Gasteiger partial charge is 0.253 e. The van der Waals surface area contributed by atoms with E-state index >= 15 is 0 Å². The molecule has 182 valence electrons. The van der Waals surface area contributed by atoms with Crippen molar-refractivity contribution in [2.24, 2.45) is 13.5 Å². The van der Waals surface area contributed by atoms with Gasteiger partial charge in [0.15, 0.2) is 0 Å². The molecule has 6 rings (SSSR count). The number of nitrogens with one attached hydrogen (secondary N) is 2. The smallest absolute Gasteiger partial charge is 0.217 e. The van der Waals surface area contributed by atoms with E-state index in [9.17, 15) is 0 Å². The summed E-state index contributed by atoms with van der Waals surface area (Å²) >= 11 is 3.78. The molecular weight excluding hydrogens is 519 g/mol. The molecule has 2 spiro atoms. The van der Waals surface area contributed by atoms with E-state index in [1.165, 1.54) is 22.6 Å². The third kappa shape index (κ3) is 4.81. The van der Waals surface area contributed by atoms with Crippen LogP contribution in [0.2, 0.25) is 0 Å². The van der Waals surface area contributed by atoms with Gasteiger partial charge in [0.25, 0.3) is 0 Å². The molecule has 2 unspecified atom stereocenters. The fourth-order valence-corrected chi connectivity index (χ4v) is 27.0. The van der Waals surface area contributed by atoms with E-state index in [4.69, 9.17) is 13.5 Å². The van der Waals surface area contributed by atoms with Crippen molar-refractivity contribution in [2.45, 2.75) is 35.5 Å². The molecule has 0 aromatic heterocycles. The van der Waals surface area contributed by atoms with Gasteiger partial charge in [-0.1, -0.05) is 36.4 Å². The lowest BCUT2D eigenvalue weighted by atomic mass is 10.3. The first kappa shape index (κ1) is 24.0. The molecule has 0 radical (unpaired) electrons. The Morgan fingerprint density at radius 3 is 1.59 bits per heavy atom. The monoisotopic (exact) mass is 551 g/mol. The second-order valence-electron chi connectivity index (χ2n) is 8.84. The van der Waals surface area contributed by atoms with E-state index < -0.39 is 20.6 Å². The lowest BCUT2D eigenvalue weighted by Crippen LogP contribution is -2.38. The van der Waals surface area contributed by atoms with Crippen LogP contribution >= 0.6 is 43.4 Å². The number of hydrogen-bond donors (Lipinski definition) is 2. The van der Waals surface area contributed by atoms with E-state index in [-0.39, 0.29) is 0 Å². The first-order valence-electron chi connectivity index (χ1n) is 12.1. The maximum absolute atomic E-state index is 5.80. The molecule has 2 bridgehead atoms. The molecular formula is C22H32N7P3S2. The SMILES string of the molecule is c1ccc(SP2(Sc3ccccc3)=NP34=NP5(=N2)NCCCN5CCCCN3CCCN4)cc1. The zero-order chi connectivity index (χ0) is 22.9. The predicted octanol–water partition coefficient (Wildman–Crippen LogP) is 7.81. The summed E-state index contributed by atoms with van der Waals surface area (Å²) in [5.41, 5.74) is -2.30. The molecule has 0 amide bonds. The van der Waals surface area contributed by atoms with Crippen molar-refractivity contribution in [2.75, 3.05) is 39.3 Å². The highest BCUT2D eigenvalue weighted by Crippen LogP contribution is 2.88. The van der Waals surface area contributed by atoms with Gasteiger partial charge in [-0.3, -0.25) is 10.2 Å². The maximum atomic E-state index is 5.80. The van der Waals surface area contributed by atoms with Crippen LogP contribution in [0.3, 0.4) is 0 Å². The van der Waals surface area contributed by atoms with Crippen molar-refractivity contribution < 1.29 is 0 Å². The first-order chi connectivity index (χ1) is 16.7. The Morgan fingerprint density at radius 1 is 0.588 bits per heavy atom. The third-order valence-corrected chi connectivity index (χ3v) is 23.9. The standard InChI is InChI=1S/C22H32N7P3S2/c1-3-11-21(12-4-1)33-32(34-22-13-5-2-6-14-22)26-30-23-15-9-19-28(30)17-7-8-18-29-20-10-16-24-31(29,25-30)27-32/h1-6,11-14,23-24H,7-10,15-20H2. The topological polar surface area (TPSA) is 67.6 Å². The summed E-state index contributed by atoms with van der Waals surface area (Å²) in [6, 6.07) is 21.5. The zero-order valence-corrected chi connectivity index (χ0v) is 23.6. The maximum Gasteiger partial charge on any atom is 0.217 e. The van der Waals surface area contributed by atoms with Gasteiger partial charge in [0.05, 0.1) is 0 Å². The van der Waals surface area contributed by atoms with Crippen molar-refractivity contribution in [1.29, 1.82) is 0 Å². The van der Waals surface area contributed by atoms with Crippen molar-refractivity contribution in [3.05, 3.63) is 60.7 Å². The minimum atomic E-state index is -2.30. The van der Waals surface area contributed by atoms with Crippen LogP contribution in [0.5, 0.6) is 0 Å². The number of benzene rings is 2. The fraction of sp³-hybridized carbons (Fsp3) is 0.455. The van der Waals surface area contributed by atoms with Crippen LogP contribution in [-0.2, 0) is 0 Å². The molecule has 2 aromatic rings. The van der Waals surface area contributed by atoms with E-state index in [0.29, 0.717) is 0 Å². The highest BCUT2D eigenvalue weighted by molar-refractivity contribution is 8.91. The average molecular weight is 552 g/mol. The van der Waals surface area contributed by atoms with Crippen LogP contribution in [0.4, 0.5) is 0 Å². The Balaban J connectivity index is 1.61. The van der Waals surface area contributed by atoms with Gasteiger partial charge in [0.1, 0.15) is 0 Å². The van der Waals surface area contributed by atoms with Crippen molar-refractivity contribution in [3.63, 3.8) is 0 Å². The molecule has 12 heteroatoms. The molecule has 2 atom stereocenters. The first-order valence-corrected chi connectivity index (χ1v) is 19.9. The lowest BCUT2D eigenvalue weighted by Gasteiger charge is -2.46. The van der Waals surface area contributed by atoms with Crippen molar-refractivity contribution >= 4 is 43.4 Å². The minimum absolute atomic E-state index is 0.989. The zero-order valence-electron chi connectivity index (χ0n) is 19.2. The molecule has 2 N–H and O–H groups in total. The lowest BCUT2D eigenvalue weighted by molar-refractivity contribution is 0.372. The molecule has 0 aliphatic carbocycles. The van der Waals surface area contributed by atoms with Gasteiger partial charge >= 0.3 is 0 Å². The molecule has 2 saturated heterocycles. The van der Waals surface area contributed by atoms with Crippen LogP contribution in [0, 0.1) is 0 Å². The second-order valence-corrected chi connectivity index (χ2v) is 22.2. The summed E-state index contributed by atoms with van der Waals surface area (Å²) in [5.74, 6) is 0. The van der Waals surface area contributed by atoms with Gasteiger partial charge in [0, 0.05) is 49.1 Å². The average Bonchev–Trinajstić information content (AvgIpc) is 2.89. The summed E-state index contributed by atoms with van der Waals surface area (Å²) in [7, 11) is -4.49. The number of nitrogens with zero attached hydrogens (tertiary/aromatic N) is 5. The Hall–Kier alpha value is -0.330. The van der Waals surface area contributed by atoms with Gasteiger partial charge in [-0.25, -0.2) is 9.34 Å². The van der Waals surface area contributed by atoms with E-state index in [1.54, 1.807) is 0 Å². The highest BCUT2D eigenvalue weighted by Gasteiger charge is 2.46. The Labute approximate surface area is 211 Å². The van der Waals surface area contributed by atoms with Crippen molar-refractivity contribution in [1.82, 2.24) is 19.5 Å². The van der Waals surface area contributed by atoms with Gasteiger partial charge < -0.3 is 0 Å². The quantitative estimate of drug-likeness (QED) is 0.378. The van der Waals surface area contributed by atoms with Crippen molar-refractivity contribution in [3.8, 4) is 0 Å². The van der Waals surface area contributed by atoms with E-state index in [0.717, 1.165) is 52.1 Å². The van der Waals surface area contributed by atoms with E-state index in [2.05, 4.69) is 80.2 Å². The van der Waals surface area contributed by atoms with Crippen LogP contribution < -0.4 is 10.2 Å². The molecule has 2 fully saturated rings. The summed E-state index contributed by atoms with van der Waals surface area (Å²) in [6.07, 6.45) is 4.73. The van der Waals surface area contributed by atoms with Crippen LogP contribution in [0.15, 0.2) is 84.0 Å². The van der Waals surface area contributed by atoms with Gasteiger partial charge in [-0.15, -0.1) is 0 Å². The molecule has 7 nitrogen and oxygen atoms in total. The summed E-state index contributed by atoms with van der Waals surface area (Å²) in [6.45, 7) is 6.30. The fourth-order valence-electron chi connectivity index (χ4n) is 4.78. The normalized spacial score (nSPS) is 31.3. The van der Waals surface area contributed by atoms with E-state index in [1.807, 2.05) is 22.8 Å². The Kier molecular flexibility index (Phi) is 7.21. The molecule has 2 aromatic carbocycles. The molecule has 4 heterocycles. The van der Waals surface area contributed by atoms with Crippen LogP contribution in [0.1, 0.15) is 25.7 Å². The molecule has 0 saturated carbocycles. The number of hydrogen-bond acceptors (Lipinski definition) is 9. The second kappa shape index (κ2) is 10.2. The van der Waals surface area contributed by atoms with Crippen LogP contribution in [0.25, 0.3) is 0 Å². The third-order valence-electron chi connectivity index (χ3n) is 6.37. The molecule has 4 aliphatic rings. The molecule has 4 aliphatic heterocycles. The van der Waals surface area contributed by atoms with Gasteiger partial charge in [-0.05, 0) is 72.7 Å². The Bertz CT molecular complexity index is 1120. The number of rotatable bonds is 4. The van der Waals surface area contributed by atoms with Gasteiger partial charge in [-0.2, -0.15) is 13.5 Å². The highest BCUT2D eigenvalue weighted by atomic mass is 33.1. The summed E-state index contributed by atoms with van der Waals surface area (Å²) in [5, 5.41) is 7.84. The predicted molar refractivity (Wildman–Crippen MR) is 150 cm³/mol. The summed E-state index contributed by atoms with van der Waals surface area (Å²) in [4.78, 5) is 2.49. The van der Waals surface area contributed by atoms with Crippen LogP contribution in [-0.4, -0.2) is 48.6 Å². The van der Waals surface area contributed by atoms with Gasteiger partial charge in [0.2, 0.25) is 20.6 Å². The minimum Gasteiger partial charge on any atom is -0.253 e. The molecule has 34 heavy (non-hydrogen) atoms.